The Hall–Kier alpha value is -1.85. The van der Waals surface area contributed by atoms with E-state index < -0.39 is 0 Å². The second kappa shape index (κ2) is 5.20. The van der Waals surface area contributed by atoms with Crippen LogP contribution in [0, 0.1) is 6.92 Å². The van der Waals surface area contributed by atoms with E-state index in [9.17, 15) is 9.59 Å². The molecule has 2 heterocycles. The molecule has 1 unspecified atom stereocenters. The molecule has 1 aliphatic heterocycles. The molecule has 6 nitrogen and oxygen atoms in total. The smallest absolute Gasteiger partial charge is 0.257 e. The van der Waals surface area contributed by atoms with Gasteiger partial charge in [0.05, 0.1) is 11.8 Å². The Labute approximate surface area is 106 Å². The van der Waals surface area contributed by atoms with E-state index in [4.69, 9.17) is 0 Å². The van der Waals surface area contributed by atoms with Crippen LogP contribution in [0.4, 0.5) is 0 Å². The largest absolute Gasteiger partial charge is 0.352 e. The van der Waals surface area contributed by atoms with Gasteiger partial charge in [0.25, 0.3) is 5.91 Å². The predicted molar refractivity (Wildman–Crippen MR) is 66.1 cm³/mol. The van der Waals surface area contributed by atoms with Crippen LogP contribution in [0.15, 0.2) is 6.20 Å². The highest BCUT2D eigenvalue weighted by Crippen LogP contribution is 2.14. The van der Waals surface area contributed by atoms with Gasteiger partial charge in [-0.05, 0) is 19.8 Å². The molecular formula is C12H18N4O2. The molecule has 0 aromatic carbocycles. The van der Waals surface area contributed by atoms with Crippen LogP contribution in [0.5, 0.6) is 0 Å². The van der Waals surface area contributed by atoms with E-state index in [-0.39, 0.29) is 17.9 Å². The third-order valence-corrected chi connectivity index (χ3v) is 3.18. The van der Waals surface area contributed by atoms with Gasteiger partial charge in [-0.1, -0.05) is 0 Å². The number of piperidine rings is 1. The van der Waals surface area contributed by atoms with Gasteiger partial charge in [-0.25, -0.2) is 0 Å². The first-order valence-electron chi connectivity index (χ1n) is 6.14. The molecule has 0 spiro atoms. The van der Waals surface area contributed by atoms with E-state index in [2.05, 4.69) is 15.5 Å². The Bertz CT molecular complexity index is 455. The van der Waals surface area contributed by atoms with Crippen molar-refractivity contribution in [2.75, 3.05) is 13.1 Å². The summed E-state index contributed by atoms with van der Waals surface area (Å²) >= 11 is 0. The summed E-state index contributed by atoms with van der Waals surface area (Å²) in [6.07, 6.45) is 3.39. The molecule has 0 aliphatic carbocycles. The first-order chi connectivity index (χ1) is 8.58. The zero-order valence-corrected chi connectivity index (χ0v) is 10.7. The van der Waals surface area contributed by atoms with Crippen molar-refractivity contribution < 1.29 is 9.59 Å². The van der Waals surface area contributed by atoms with E-state index in [0.29, 0.717) is 12.1 Å². The number of rotatable bonds is 2. The standard InChI is InChI=1S/C12H18N4O2/c1-8-11(6-13-15-8)12(18)16-5-3-4-10(7-16)14-9(2)17/h6,10H,3-5,7H2,1-2H3,(H,13,15)(H,14,17). The third-order valence-electron chi connectivity index (χ3n) is 3.18. The van der Waals surface area contributed by atoms with Gasteiger partial charge in [0.15, 0.2) is 0 Å². The van der Waals surface area contributed by atoms with Gasteiger partial charge >= 0.3 is 0 Å². The van der Waals surface area contributed by atoms with Crippen LogP contribution >= 0.6 is 0 Å². The van der Waals surface area contributed by atoms with Crippen molar-refractivity contribution in [2.24, 2.45) is 0 Å². The zero-order valence-electron chi connectivity index (χ0n) is 10.7. The number of hydrogen-bond donors (Lipinski definition) is 2. The average molecular weight is 250 g/mol. The molecule has 2 N–H and O–H groups in total. The molecule has 0 saturated carbocycles. The molecule has 0 bridgehead atoms. The maximum Gasteiger partial charge on any atom is 0.257 e. The number of aromatic nitrogens is 2. The number of aromatic amines is 1. The molecule has 2 rings (SSSR count). The summed E-state index contributed by atoms with van der Waals surface area (Å²) in [5, 5.41) is 9.50. The van der Waals surface area contributed by atoms with Crippen LogP contribution in [0.25, 0.3) is 0 Å². The lowest BCUT2D eigenvalue weighted by molar-refractivity contribution is -0.120. The topological polar surface area (TPSA) is 78.1 Å². The summed E-state index contributed by atoms with van der Waals surface area (Å²) in [4.78, 5) is 25.1. The molecule has 1 aromatic rings. The number of carbonyl (C=O) groups excluding carboxylic acids is 2. The van der Waals surface area contributed by atoms with Crippen molar-refractivity contribution in [3.05, 3.63) is 17.5 Å². The van der Waals surface area contributed by atoms with Gasteiger partial charge < -0.3 is 10.2 Å². The van der Waals surface area contributed by atoms with Crippen molar-refractivity contribution in [1.29, 1.82) is 0 Å². The summed E-state index contributed by atoms with van der Waals surface area (Å²) < 4.78 is 0. The minimum absolute atomic E-state index is 0.0173. The van der Waals surface area contributed by atoms with Crippen molar-refractivity contribution in [2.45, 2.75) is 32.7 Å². The highest BCUT2D eigenvalue weighted by atomic mass is 16.2. The number of hydrogen-bond acceptors (Lipinski definition) is 3. The molecule has 1 aliphatic rings. The summed E-state index contributed by atoms with van der Waals surface area (Å²) in [5.74, 6) is -0.0647. The molecule has 1 fully saturated rings. The Morgan fingerprint density at radius 2 is 2.33 bits per heavy atom. The molecule has 0 radical (unpaired) electrons. The van der Waals surface area contributed by atoms with Gasteiger partial charge in [-0.3, -0.25) is 14.7 Å². The SMILES string of the molecule is CC(=O)NC1CCCN(C(=O)c2cn[nH]c2C)C1. The molecular weight excluding hydrogens is 232 g/mol. The monoisotopic (exact) mass is 250 g/mol. The van der Waals surface area contributed by atoms with Gasteiger partial charge in [-0.2, -0.15) is 5.10 Å². The van der Waals surface area contributed by atoms with Gasteiger partial charge in [0.1, 0.15) is 0 Å². The number of H-pyrrole nitrogens is 1. The number of nitrogens with zero attached hydrogens (tertiary/aromatic N) is 2. The molecule has 6 heteroatoms. The van der Waals surface area contributed by atoms with E-state index in [1.165, 1.54) is 6.92 Å². The summed E-state index contributed by atoms with van der Waals surface area (Å²) in [6.45, 7) is 4.64. The summed E-state index contributed by atoms with van der Waals surface area (Å²) in [5.41, 5.74) is 1.39. The van der Waals surface area contributed by atoms with Crippen LogP contribution in [-0.2, 0) is 4.79 Å². The minimum atomic E-state index is -0.0474. The van der Waals surface area contributed by atoms with Crippen molar-refractivity contribution >= 4 is 11.8 Å². The van der Waals surface area contributed by atoms with Crippen molar-refractivity contribution in [3.8, 4) is 0 Å². The lowest BCUT2D eigenvalue weighted by Gasteiger charge is -2.32. The lowest BCUT2D eigenvalue weighted by atomic mass is 10.0. The van der Waals surface area contributed by atoms with Gasteiger partial charge in [0.2, 0.25) is 5.91 Å². The van der Waals surface area contributed by atoms with Crippen LogP contribution < -0.4 is 5.32 Å². The predicted octanol–water partition coefficient (Wildman–Crippen LogP) is 0.459. The number of carbonyl (C=O) groups is 2. The van der Waals surface area contributed by atoms with E-state index in [1.54, 1.807) is 11.1 Å². The highest BCUT2D eigenvalue weighted by molar-refractivity contribution is 5.95. The number of aryl methyl sites for hydroxylation is 1. The Balaban J connectivity index is 2.03. The fourth-order valence-corrected chi connectivity index (χ4v) is 2.30. The van der Waals surface area contributed by atoms with E-state index in [0.717, 1.165) is 25.1 Å². The normalized spacial score (nSPS) is 19.7. The maximum absolute atomic E-state index is 12.3. The average Bonchev–Trinajstić information content (AvgIpc) is 2.74. The van der Waals surface area contributed by atoms with Crippen molar-refractivity contribution in [1.82, 2.24) is 20.4 Å². The molecule has 2 amide bonds. The number of nitrogens with one attached hydrogen (secondary N) is 2. The van der Waals surface area contributed by atoms with Crippen LogP contribution in [0.2, 0.25) is 0 Å². The highest BCUT2D eigenvalue weighted by Gasteiger charge is 2.26. The lowest BCUT2D eigenvalue weighted by Crippen LogP contribution is -2.49. The third kappa shape index (κ3) is 2.69. The second-order valence-electron chi connectivity index (χ2n) is 4.70. The fourth-order valence-electron chi connectivity index (χ4n) is 2.30. The first-order valence-corrected chi connectivity index (χ1v) is 6.14. The molecule has 98 valence electrons. The second-order valence-corrected chi connectivity index (χ2v) is 4.70. The van der Waals surface area contributed by atoms with Crippen LogP contribution in [0.3, 0.4) is 0 Å². The Morgan fingerprint density at radius 3 is 2.94 bits per heavy atom. The molecule has 1 aromatic heterocycles. The quantitative estimate of drug-likeness (QED) is 0.800. The van der Waals surface area contributed by atoms with Crippen molar-refractivity contribution in [3.63, 3.8) is 0 Å². The van der Waals surface area contributed by atoms with Crippen LogP contribution in [0.1, 0.15) is 35.8 Å². The van der Waals surface area contributed by atoms with Crippen LogP contribution in [-0.4, -0.2) is 46.0 Å². The van der Waals surface area contributed by atoms with Gasteiger partial charge in [-0.15, -0.1) is 0 Å². The molecule has 18 heavy (non-hydrogen) atoms. The summed E-state index contributed by atoms with van der Waals surface area (Å²) in [6, 6.07) is 0.0624. The minimum Gasteiger partial charge on any atom is -0.352 e. The van der Waals surface area contributed by atoms with Gasteiger partial charge in [0, 0.05) is 31.7 Å². The Kier molecular flexibility index (Phi) is 3.64. The number of likely N-dealkylation sites (tertiary alicyclic amines) is 1. The molecule has 1 saturated heterocycles. The fraction of sp³-hybridized carbons (Fsp3) is 0.583. The molecule has 1 atom stereocenters. The van der Waals surface area contributed by atoms with E-state index in [1.807, 2.05) is 6.92 Å². The maximum atomic E-state index is 12.3. The Morgan fingerprint density at radius 1 is 1.56 bits per heavy atom. The number of amides is 2. The zero-order chi connectivity index (χ0) is 13.1. The summed E-state index contributed by atoms with van der Waals surface area (Å²) in [7, 11) is 0. The van der Waals surface area contributed by atoms with E-state index >= 15 is 0 Å². The first kappa shape index (κ1) is 12.6.